The van der Waals surface area contributed by atoms with E-state index < -0.39 is 34.8 Å². The molecule has 0 aromatic heterocycles. The maximum atomic E-state index is 11.9. The highest BCUT2D eigenvalue weighted by atomic mass is 32.2. The number of halogens is 3. The molecule has 0 N–H and O–H groups in total. The van der Waals surface area contributed by atoms with Gasteiger partial charge in [-0.25, -0.2) is 12.7 Å². The third kappa shape index (κ3) is 7.18. The predicted molar refractivity (Wildman–Crippen MR) is 56.6 cm³/mol. The van der Waals surface area contributed by atoms with Crippen LogP contribution in [-0.2, 0) is 10.0 Å². The second-order valence-electron chi connectivity index (χ2n) is 3.43. The molecule has 0 unspecified atom stereocenters. The molecule has 0 aromatic carbocycles. The summed E-state index contributed by atoms with van der Waals surface area (Å²) in [7, 11) is -3.68. The molecule has 17 heavy (non-hydrogen) atoms. The van der Waals surface area contributed by atoms with Gasteiger partial charge in [0.1, 0.15) is 0 Å². The first-order valence-corrected chi connectivity index (χ1v) is 6.75. The van der Waals surface area contributed by atoms with Crippen LogP contribution in [0.5, 0.6) is 0 Å². The van der Waals surface area contributed by atoms with Gasteiger partial charge in [0.05, 0.1) is 11.8 Å². The summed E-state index contributed by atoms with van der Waals surface area (Å²) in [6.45, 7) is 1.77. The summed E-state index contributed by atoms with van der Waals surface area (Å²) in [6, 6.07) is 1.80. The number of sulfonamides is 1. The molecule has 0 bridgehead atoms. The van der Waals surface area contributed by atoms with Crippen molar-refractivity contribution in [1.82, 2.24) is 4.31 Å². The molecule has 0 saturated carbocycles. The van der Waals surface area contributed by atoms with Gasteiger partial charge < -0.3 is 0 Å². The number of nitrogens with zero attached hydrogens (tertiary/aromatic N) is 2. The predicted octanol–water partition coefficient (Wildman–Crippen LogP) is 1.89. The Morgan fingerprint density at radius 3 is 2.35 bits per heavy atom. The highest BCUT2D eigenvalue weighted by Gasteiger charge is 2.28. The first-order valence-electron chi connectivity index (χ1n) is 5.14. The summed E-state index contributed by atoms with van der Waals surface area (Å²) >= 11 is 0. The Morgan fingerprint density at radius 1 is 1.35 bits per heavy atom. The summed E-state index contributed by atoms with van der Waals surface area (Å²) in [5.74, 6) is -0.536. The van der Waals surface area contributed by atoms with Gasteiger partial charge in [-0.05, 0) is 6.42 Å². The fourth-order valence-electron chi connectivity index (χ4n) is 1.25. The summed E-state index contributed by atoms with van der Waals surface area (Å²) in [5.41, 5.74) is 0. The molecule has 0 fully saturated rings. The Morgan fingerprint density at radius 2 is 1.94 bits per heavy atom. The van der Waals surface area contributed by atoms with E-state index in [0.717, 1.165) is 4.31 Å². The molecule has 0 aliphatic rings. The van der Waals surface area contributed by atoms with Crippen LogP contribution in [0.1, 0.15) is 26.2 Å². The molecule has 0 heterocycles. The van der Waals surface area contributed by atoms with Gasteiger partial charge in [-0.15, -0.1) is 0 Å². The smallest absolute Gasteiger partial charge is 0.212 e. The van der Waals surface area contributed by atoms with Crippen LogP contribution < -0.4 is 0 Å². The minimum Gasteiger partial charge on any atom is -0.212 e. The SMILES string of the molecule is CCN(CCC#N)S(=O)(=O)CCCC(F)(F)F. The van der Waals surface area contributed by atoms with E-state index in [9.17, 15) is 21.6 Å². The van der Waals surface area contributed by atoms with E-state index in [1.807, 2.05) is 0 Å². The standard InChI is InChI=1S/C9H15F3N2O2S/c1-2-14(7-4-6-13)17(15,16)8-3-5-9(10,11)12/h2-5,7-8H2,1H3. The molecule has 0 rings (SSSR count). The molecule has 0 spiro atoms. The van der Waals surface area contributed by atoms with E-state index >= 15 is 0 Å². The van der Waals surface area contributed by atoms with Crippen LogP contribution in [0.4, 0.5) is 13.2 Å². The number of hydrogen-bond acceptors (Lipinski definition) is 3. The van der Waals surface area contributed by atoms with Crippen LogP contribution in [0, 0.1) is 11.3 Å². The highest BCUT2D eigenvalue weighted by Crippen LogP contribution is 2.22. The maximum Gasteiger partial charge on any atom is 0.389 e. The van der Waals surface area contributed by atoms with Crippen LogP contribution in [-0.4, -0.2) is 37.7 Å². The second kappa shape index (κ2) is 6.81. The largest absolute Gasteiger partial charge is 0.389 e. The highest BCUT2D eigenvalue weighted by molar-refractivity contribution is 7.89. The first-order chi connectivity index (χ1) is 7.73. The van der Waals surface area contributed by atoms with Gasteiger partial charge in [0.15, 0.2) is 0 Å². The van der Waals surface area contributed by atoms with Crippen molar-refractivity contribution in [3.8, 4) is 6.07 Å². The number of nitriles is 1. The zero-order chi connectivity index (χ0) is 13.5. The van der Waals surface area contributed by atoms with Gasteiger partial charge in [0.2, 0.25) is 10.0 Å². The van der Waals surface area contributed by atoms with Gasteiger partial charge in [-0.2, -0.15) is 18.4 Å². The summed E-state index contributed by atoms with van der Waals surface area (Å²) in [6.07, 6.45) is -5.86. The zero-order valence-electron chi connectivity index (χ0n) is 9.50. The molecule has 0 radical (unpaired) electrons. The van der Waals surface area contributed by atoms with Gasteiger partial charge >= 0.3 is 6.18 Å². The van der Waals surface area contributed by atoms with Crippen molar-refractivity contribution in [2.75, 3.05) is 18.8 Å². The lowest BCUT2D eigenvalue weighted by Crippen LogP contribution is -2.34. The molecule has 0 amide bonds. The quantitative estimate of drug-likeness (QED) is 0.711. The van der Waals surface area contributed by atoms with Crippen molar-refractivity contribution in [3.05, 3.63) is 0 Å². The lowest BCUT2D eigenvalue weighted by atomic mass is 10.3. The normalized spacial score (nSPS) is 12.7. The lowest BCUT2D eigenvalue weighted by Gasteiger charge is -2.19. The van der Waals surface area contributed by atoms with Crippen LogP contribution in [0.2, 0.25) is 0 Å². The fraction of sp³-hybridized carbons (Fsp3) is 0.889. The minimum absolute atomic E-state index is 0.0291. The van der Waals surface area contributed by atoms with E-state index in [4.69, 9.17) is 5.26 Å². The molecule has 0 aliphatic heterocycles. The zero-order valence-corrected chi connectivity index (χ0v) is 10.3. The molecule has 100 valence electrons. The average Bonchev–Trinajstić information content (AvgIpc) is 2.16. The molecule has 0 saturated heterocycles. The Bertz CT molecular complexity index is 359. The maximum absolute atomic E-state index is 11.9. The van der Waals surface area contributed by atoms with Crippen molar-refractivity contribution in [2.24, 2.45) is 0 Å². The molecular weight excluding hydrogens is 257 g/mol. The van der Waals surface area contributed by atoms with E-state index in [2.05, 4.69) is 0 Å². The Balaban J connectivity index is 4.30. The van der Waals surface area contributed by atoms with E-state index in [1.54, 1.807) is 13.0 Å². The Hall–Kier alpha value is -0.810. The molecular formula is C9H15F3N2O2S. The lowest BCUT2D eigenvalue weighted by molar-refractivity contribution is -0.134. The first kappa shape index (κ1) is 16.2. The average molecular weight is 272 g/mol. The summed E-state index contributed by atoms with van der Waals surface area (Å²) < 4.78 is 59.8. The molecule has 4 nitrogen and oxygen atoms in total. The van der Waals surface area contributed by atoms with Gasteiger partial charge in [-0.1, -0.05) is 6.92 Å². The minimum atomic E-state index is -4.33. The van der Waals surface area contributed by atoms with Crippen molar-refractivity contribution < 1.29 is 21.6 Å². The molecule has 0 aliphatic carbocycles. The Labute approximate surface area is 99.1 Å². The topological polar surface area (TPSA) is 61.2 Å². The van der Waals surface area contributed by atoms with Crippen molar-refractivity contribution in [2.45, 2.75) is 32.4 Å². The Kier molecular flexibility index (Phi) is 6.49. The molecule has 0 aromatic rings. The monoisotopic (exact) mass is 272 g/mol. The van der Waals surface area contributed by atoms with Crippen LogP contribution in [0.25, 0.3) is 0 Å². The van der Waals surface area contributed by atoms with Crippen LogP contribution in [0.15, 0.2) is 0 Å². The molecule has 8 heteroatoms. The van der Waals surface area contributed by atoms with E-state index in [-0.39, 0.29) is 19.5 Å². The van der Waals surface area contributed by atoms with Crippen LogP contribution >= 0.6 is 0 Å². The van der Waals surface area contributed by atoms with Crippen LogP contribution in [0.3, 0.4) is 0 Å². The number of rotatable bonds is 7. The summed E-state index contributed by atoms with van der Waals surface area (Å²) in [5, 5.41) is 8.34. The molecule has 0 atom stereocenters. The third-order valence-corrected chi connectivity index (χ3v) is 4.11. The second-order valence-corrected chi connectivity index (χ2v) is 5.52. The van der Waals surface area contributed by atoms with Gasteiger partial charge in [0, 0.05) is 25.9 Å². The number of hydrogen-bond donors (Lipinski definition) is 0. The van der Waals surface area contributed by atoms with Gasteiger partial charge in [-0.3, -0.25) is 0 Å². The van der Waals surface area contributed by atoms with Crippen molar-refractivity contribution >= 4 is 10.0 Å². The van der Waals surface area contributed by atoms with E-state index in [0.29, 0.717) is 0 Å². The van der Waals surface area contributed by atoms with Crippen molar-refractivity contribution in [1.29, 1.82) is 5.26 Å². The van der Waals surface area contributed by atoms with Crippen molar-refractivity contribution in [3.63, 3.8) is 0 Å². The van der Waals surface area contributed by atoms with Gasteiger partial charge in [0.25, 0.3) is 0 Å². The summed E-state index contributed by atoms with van der Waals surface area (Å²) in [4.78, 5) is 0. The van der Waals surface area contributed by atoms with E-state index in [1.165, 1.54) is 0 Å². The fourth-order valence-corrected chi connectivity index (χ4v) is 2.78. The third-order valence-electron chi connectivity index (χ3n) is 2.08. The number of alkyl halides is 3.